The van der Waals surface area contributed by atoms with Gasteiger partial charge in [-0.1, -0.05) is 25.1 Å². The van der Waals surface area contributed by atoms with Crippen LogP contribution in [0.5, 0.6) is 5.75 Å². The lowest BCUT2D eigenvalue weighted by atomic mass is 9.58. The van der Waals surface area contributed by atoms with Crippen molar-refractivity contribution >= 4 is 29.3 Å². The molecular weight excluding hydrogens is 558 g/mol. The first-order chi connectivity index (χ1) is 20.3. The Morgan fingerprint density at radius 2 is 1.77 bits per heavy atom. The Kier molecular flexibility index (Phi) is 7.53. The van der Waals surface area contributed by atoms with Crippen molar-refractivity contribution in [1.82, 2.24) is 4.90 Å². The summed E-state index contributed by atoms with van der Waals surface area (Å²) in [5.41, 5.74) is 3.83. The number of aromatic hydroxyl groups is 1. The molecule has 3 aliphatic carbocycles. The number of Topliss-reactive ketones (excluding diaryl/α,β-unsaturated/α-hetero) is 2. The SMILES string of the molecule is CCCOC(=O)Nc1ccc(-c2ccc(O)c3c2C[C@H]2C[C@H]4[C@H](N(C)C)C(O)=C(C(N)=O)C(=O)[C@@]4(O)C(O)=C2C3=O)cc1. The molecule has 0 saturated heterocycles. The van der Waals surface area contributed by atoms with E-state index in [-0.39, 0.29) is 36.3 Å². The van der Waals surface area contributed by atoms with Crippen LogP contribution in [-0.2, 0) is 20.7 Å². The van der Waals surface area contributed by atoms with Gasteiger partial charge in [0.25, 0.3) is 5.91 Å². The fraction of sp³-hybridized carbons (Fsp3) is 0.355. The number of phenols is 1. The van der Waals surface area contributed by atoms with E-state index in [2.05, 4.69) is 5.32 Å². The molecule has 0 aromatic heterocycles. The molecule has 43 heavy (non-hydrogen) atoms. The fourth-order valence-electron chi connectivity index (χ4n) is 6.60. The zero-order chi connectivity index (χ0) is 31.4. The number of hydrogen-bond acceptors (Lipinski definition) is 10. The summed E-state index contributed by atoms with van der Waals surface area (Å²) in [6.45, 7) is 2.17. The van der Waals surface area contributed by atoms with Crippen LogP contribution in [0.4, 0.5) is 10.5 Å². The molecule has 2 aromatic rings. The Morgan fingerprint density at radius 3 is 2.37 bits per heavy atom. The average Bonchev–Trinajstić information content (AvgIpc) is 2.94. The van der Waals surface area contributed by atoms with Gasteiger partial charge in [-0.3, -0.25) is 24.6 Å². The number of primary amides is 1. The van der Waals surface area contributed by atoms with Gasteiger partial charge in [0.15, 0.2) is 11.4 Å². The molecule has 5 rings (SSSR count). The molecule has 2 amide bonds. The molecule has 12 nitrogen and oxygen atoms in total. The number of ether oxygens (including phenoxy) is 1. The quantitative estimate of drug-likeness (QED) is 0.271. The van der Waals surface area contributed by atoms with Crippen molar-refractivity contribution in [3.8, 4) is 16.9 Å². The monoisotopic (exact) mass is 591 g/mol. The first kappa shape index (κ1) is 29.8. The van der Waals surface area contributed by atoms with E-state index in [9.17, 15) is 39.6 Å². The lowest BCUT2D eigenvalue weighted by Crippen LogP contribution is -2.63. The number of nitrogens with one attached hydrogen (secondary N) is 1. The molecule has 0 saturated carbocycles. The standard InChI is InChI=1S/C31H33N3O9/c1-4-11-43-30(41)33-16-7-5-14(6-8-16)17-9-10-20(35)22-18(17)12-15-13-19-24(34(2)3)26(37)23(29(32)40)28(39)31(19,42)27(38)21(15)25(22)36/h5-10,15,19,24,35,37-38,42H,4,11-13H2,1-3H3,(H2,32,40)(H,33,41)/t15-,19-,24-,31-/m0/s1. The Morgan fingerprint density at radius 1 is 1.09 bits per heavy atom. The number of aliphatic hydroxyl groups is 3. The second-order valence-electron chi connectivity index (χ2n) is 11.3. The van der Waals surface area contributed by atoms with Crippen LogP contribution < -0.4 is 11.1 Å². The number of aliphatic hydroxyl groups excluding tert-OH is 2. The van der Waals surface area contributed by atoms with Crippen molar-refractivity contribution in [3.05, 3.63) is 70.2 Å². The first-order valence-corrected chi connectivity index (χ1v) is 13.9. The number of carbonyl (C=O) groups excluding carboxylic acids is 4. The number of allylic oxidation sites excluding steroid dienone is 1. The van der Waals surface area contributed by atoms with E-state index >= 15 is 0 Å². The third-order valence-corrected chi connectivity index (χ3v) is 8.49. The number of carbonyl (C=O) groups is 4. The van der Waals surface area contributed by atoms with Crippen LogP contribution in [0.15, 0.2) is 59.1 Å². The van der Waals surface area contributed by atoms with E-state index in [1.807, 2.05) is 6.92 Å². The van der Waals surface area contributed by atoms with E-state index in [4.69, 9.17) is 10.5 Å². The summed E-state index contributed by atoms with van der Waals surface area (Å²) in [6, 6.07) is 8.76. The zero-order valence-electron chi connectivity index (χ0n) is 23.9. The molecule has 226 valence electrons. The van der Waals surface area contributed by atoms with Gasteiger partial charge in [-0.15, -0.1) is 0 Å². The number of hydrogen-bond donors (Lipinski definition) is 6. The third-order valence-electron chi connectivity index (χ3n) is 8.49. The van der Waals surface area contributed by atoms with Gasteiger partial charge in [-0.25, -0.2) is 4.79 Å². The molecule has 4 atom stereocenters. The molecule has 7 N–H and O–H groups in total. The van der Waals surface area contributed by atoms with Crippen LogP contribution in [0.25, 0.3) is 11.1 Å². The van der Waals surface area contributed by atoms with Gasteiger partial charge in [0.05, 0.1) is 18.2 Å². The molecule has 3 aliphatic rings. The predicted octanol–water partition coefficient (Wildman–Crippen LogP) is 2.75. The van der Waals surface area contributed by atoms with Crippen molar-refractivity contribution < 1.29 is 44.3 Å². The maximum atomic E-state index is 13.9. The van der Waals surface area contributed by atoms with Crippen LogP contribution >= 0.6 is 0 Å². The number of likely N-dealkylation sites (N-methyl/N-ethyl adjacent to an activating group) is 1. The Labute approximate surface area is 247 Å². The summed E-state index contributed by atoms with van der Waals surface area (Å²) in [5.74, 6) is -7.01. The van der Waals surface area contributed by atoms with Gasteiger partial charge in [-0.2, -0.15) is 0 Å². The molecule has 0 spiro atoms. The minimum atomic E-state index is -2.70. The summed E-state index contributed by atoms with van der Waals surface area (Å²) >= 11 is 0. The fourth-order valence-corrected chi connectivity index (χ4v) is 6.60. The third kappa shape index (κ3) is 4.63. The van der Waals surface area contributed by atoms with Crippen LogP contribution in [0.3, 0.4) is 0 Å². The molecule has 0 unspecified atom stereocenters. The average molecular weight is 592 g/mol. The van der Waals surface area contributed by atoms with Crippen LogP contribution in [0, 0.1) is 11.8 Å². The maximum absolute atomic E-state index is 13.9. The van der Waals surface area contributed by atoms with Crippen molar-refractivity contribution in [2.45, 2.75) is 37.8 Å². The Bertz CT molecular complexity index is 1610. The number of phenolic OH excluding ortho intramolecular Hbond substituents is 1. The van der Waals surface area contributed by atoms with Crippen LogP contribution in [-0.4, -0.2) is 81.2 Å². The molecule has 0 aliphatic heterocycles. The summed E-state index contributed by atoms with van der Waals surface area (Å²) in [5, 5.41) is 47.5. The highest BCUT2D eigenvalue weighted by Crippen LogP contribution is 2.53. The van der Waals surface area contributed by atoms with Gasteiger partial charge in [0, 0.05) is 17.2 Å². The number of nitrogens with two attached hydrogens (primary N) is 1. The number of rotatable bonds is 6. The summed E-state index contributed by atoms with van der Waals surface area (Å²) < 4.78 is 5.04. The lowest BCUT2D eigenvalue weighted by molar-refractivity contribution is -0.148. The molecular formula is C31H33N3O9. The van der Waals surface area contributed by atoms with Gasteiger partial charge >= 0.3 is 6.09 Å². The van der Waals surface area contributed by atoms with E-state index in [0.29, 0.717) is 28.8 Å². The number of benzene rings is 2. The topological polar surface area (TPSA) is 200 Å². The Hall–Kier alpha value is -4.68. The molecule has 12 heteroatoms. The van der Waals surface area contributed by atoms with E-state index in [1.54, 1.807) is 44.4 Å². The Balaban J connectivity index is 1.58. The summed E-state index contributed by atoms with van der Waals surface area (Å²) in [4.78, 5) is 52.9. The largest absolute Gasteiger partial charge is 0.510 e. The number of fused-ring (bicyclic) bond motifs is 3. The van der Waals surface area contributed by atoms with Crippen molar-refractivity contribution in [3.63, 3.8) is 0 Å². The smallest absolute Gasteiger partial charge is 0.411 e. The number of nitrogens with zero attached hydrogens (tertiary/aromatic N) is 1. The van der Waals surface area contributed by atoms with Gasteiger partial charge in [0.1, 0.15) is 22.8 Å². The minimum Gasteiger partial charge on any atom is -0.510 e. The van der Waals surface area contributed by atoms with Gasteiger partial charge in [0.2, 0.25) is 5.78 Å². The normalized spacial score (nSPS) is 24.8. The highest BCUT2D eigenvalue weighted by atomic mass is 16.5. The summed E-state index contributed by atoms with van der Waals surface area (Å²) in [6.07, 6.45) is 0.246. The number of amides is 2. The van der Waals surface area contributed by atoms with Crippen LogP contribution in [0.1, 0.15) is 35.7 Å². The molecule has 0 radical (unpaired) electrons. The van der Waals surface area contributed by atoms with E-state index in [1.165, 1.54) is 11.0 Å². The molecule has 0 heterocycles. The van der Waals surface area contributed by atoms with Crippen LogP contribution in [0.2, 0.25) is 0 Å². The van der Waals surface area contributed by atoms with E-state index in [0.717, 1.165) is 0 Å². The number of anilines is 1. The second kappa shape index (κ2) is 10.9. The van der Waals surface area contributed by atoms with E-state index < -0.39 is 64.1 Å². The van der Waals surface area contributed by atoms with Crippen molar-refractivity contribution in [2.75, 3.05) is 26.0 Å². The first-order valence-electron chi connectivity index (χ1n) is 13.9. The van der Waals surface area contributed by atoms with Gasteiger partial charge in [-0.05, 0) is 74.2 Å². The zero-order valence-corrected chi connectivity index (χ0v) is 23.9. The number of ketones is 2. The summed E-state index contributed by atoms with van der Waals surface area (Å²) in [7, 11) is 3.15. The second-order valence-corrected chi connectivity index (χ2v) is 11.3. The molecule has 0 bridgehead atoms. The molecule has 2 aromatic carbocycles. The maximum Gasteiger partial charge on any atom is 0.411 e. The highest BCUT2D eigenvalue weighted by Gasteiger charge is 2.63. The predicted molar refractivity (Wildman–Crippen MR) is 154 cm³/mol. The lowest BCUT2D eigenvalue weighted by Gasteiger charge is -2.50. The highest BCUT2D eigenvalue weighted by molar-refractivity contribution is 6.25. The van der Waals surface area contributed by atoms with Crippen molar-refractivity contribution in [2.24, 2.45) is 17.6 Å². The minimum absolute atomic E-state index is 0.0103. The molecule has 0 fully saturated rings. The van der Waals surface area contributed by atoms with Gasteiger partial charge < -0.3 is 30.9 Å². The van der Waals surface area contributed by atoms with Crippen molar-refractivity contribution in [1.29, 1.82) is 0 Å².